The summed E-state index contributed by atoms with van der Waals surface area (Å²) >= 11 is 0. The maximum absolute atomic E-state index is 12.5. The summed E-state index contributed by atoms with van der Waals surface area (Å²) in [7, 11) is 0. The predicted octanol–water partition coefficient (Wildman–Crippen LogP) is -0.416. The molecule has 1 fully saturated rings. The van der Waals surface area contributed by atoms with Gasteiger partial charge in [-0.25, -0.2) is 0 Å². The second kappa shape index (κ2) is 9.42. The standard InChI is InChI=1S/C21H22O11/c22-8-15-17(28)18(29)19(30)21(31-15)32-20-13(25)6-3-10(16(20)27)11(23)4-1-9-2-5-12(24)14(26)7-9/h1-7,15,17-19,21-22,24-30H,8H2/t15-,17-,18+,19-,21+/m1/s1. The van der Waals surface area contributed by atoms with Gasteiger partial charge in [-0.3, -0.25) is 4.79 Å². The summed E-state index contributed by atoms with van der Waals surface area (Å²) < 4.78 is 10.4. The number of rotatable bonds is 6. The molecule has 0 aromatic heterocycles. The molecule has 1 aliphatic rings. The molecule has 5 atom stereocenters. The number of ether oxygens (including phenoxy) is 2. The molecule has 2 aromatic rings. The van der Waals surface area contributed by atoms with Crippen molar-refractivity contribution in [2.24, 2.45) is 0 Å². The van der Waals surface area contributed by atoms with Crippen molar-refractivity contribution in [2.75, 3.05) is 6.61 Å². The Bertz CT molecular complexity index is 1020. The van der Waals surface area contributed by atoms with Crippen molar-refractivity contribution >= 4 is 11.9 Å². The minimum atomic E-state index is -1.80. The number of aliphatic hydroxyl groups is 4. The van der Waals surface area contributed by atoms with Gasteiger partial charge in [-0.2, -0.15) is 0 Å². The van der Waals surface area contributed by atoms with Crippen molar-refractivity contribution in [1.82, 2.24) is 0 Å². The Hall–Kier alpha value is -3.35. The summed E-state index contributed by atoms with van der Waals surface area (Å²) in [5.74, 6) is -3.46. The maximum atomic E-state index is 12.5. The Morgan fingerprint density at radius 1 is 0.938 bits per heavy atom. The van der Waals surface area contributed by atoms with E-state index in [2.05, 4.69) is 0 Å². The Balaban J connectivity index is 1.84. The van der Waals surface area contributed by atoms with E-state index in [9.17, 15) is 45.6 Å². The Kier molecular flexibility index (Phi) is 6.87. The van der Waals surface area contributed by atoms with Crippen molar-refractivity contribution in [3.63, 3.8) is 0 Å². The van der Waals surface area contributed by atoms with Crippen LogP contribution >= 0.6 is 0 Å². The number of hydrogen-bond donors (Lipinski definition) is 8. The number of carbonyl (C=O) groups excluding carboxylic acids is 1. The van der Waals surface area contributed by atoms with Gasteiger partial charge in [-0.15, -0.1) is 0 Å². The van der Waals surface area contributed by atoms with Gasteiger partial charge in [-0.1, -0.05) is 12.1 Å². The minimum Gasteiger partial charge on any atom is -0.504 e. The molecular weight excluding hydrogens is 428 g/mol. The van der Waals surface area contributed by atoms with Crippen molar-refractivity contribution in [2.45, 2.75) is 30.7 Å². The second-order valence-electron chi connectivity index (χ2n) is 7.07. The van der Waals surface area contributed by atoms with Gasteiger partial charge in [0.1, 0.15) is 24.4 Å². The summed E-state index contributed by atoms with van der Waals surface area (Å²) in [6.07, 6.45) is -5.77. The van der Waals surface area contributed by atoms with E-state index in [-0.39, 0.29) is 17.1 Å². The van der Waals surface area contributed by atoms with E-state index in [4.69, 9.17) is 9.47 Å². The van der Waals surface area contributed by atoms with Crippen molar-refractivity contribution in [3.8, 4) is 28.7 Å². The van der Waals surface area contributed by atoms with Crippen LogP contribution in [0.1, 0.15) is 15.9 Å². The Labute approximate surface area is 181 Å². The summed E-state index contributed by atoms with van der Waals surface area (Å²) in [5, 5.41) is 78.3. The van der Waals surface area contributed by atoms with Crippen LogP contribution in [0.4, 0.5) is 0 Å². The van der Waals surface area contributed by atoms with Crippen LogP contribution in [0.5, 0.6) is 28.7 Å². The fourth-order valence-electron chi connectivity index (χ4n) is 3.06. The Morgan fingerprint density at radius 3 is 2.28 bits per heavy atom. The summed E-state index contributed by atoms with van der Waals surface area (Å²) in [6.45, 7) is -0.709. The molecule has 0 unspecified atom stereocenters. The van der Waals surface area contributed by atoms with E-state index >= 15 is 0 Å². The molecule has 172 valence electrons. The first-order valence-electron chi connectivity index (χ1n) is 9.40. The van der Waals surface area contributed by atoms with Crippen LogP contribution in [-0.4, -0.2) is 83.9 Å². The first kappa shape index (κ1) is 23.3. The van der Waals surface area contributed by atoms with E-state index in [0.29, 0.717) is 5.56 Å². The fraction of sp³-hybridized carbons (Fsp3) is 0.286. The average Bonchev–Trinajstić information content (AvgIpc) is 2.77. The van der Waals surface area contributed by atoms with Crippen LogP contribution < -0.4 is 4.74 Å². The average molecular weight is 450 g/mol. The number of benzene rings is 2. The van der Waals surface area contributed by atoms with Gasteiger partial charge in [0.2, 0.25) is 12.0 Å². The largest absolute Gasteiger partial charge is 0.504 e. The topological polar surface area (TPSA) is 197 Å². The molecule has 11 heteroatoms. The fourth-order valence-corrected chi connectivity index (χ4v) is 3.06. The molecule has 2 aromatic carbocycles. The van der Waals surface area contributed by atoms with Crippen LogP contribution in [0, 0.1) is 0 Å². The zero-order valence-electron chi connectivity index (χ0n) is 16.4. The first-order chi connectivity index (χ1) is 15.1. The lowest BCUT2D eigenvalue weighted by Crippen LogP contribution is -2.60. The van der Waals surface area contributed by atoms with Crippen molar-refractivity contribution < 1.29 is 55.1 Å². The Morgan fingerprint density at radius 2 is 1.62 bits per heavy atom. The van der Waals surface area contributed by atoms with E-state index in [1.54, 1.807) is 0 Å². The lowest BCUT2D eigenvalue weighted by molar-refractivity contribution is -0.277. The van der Waals surface area contributed by atoms with Gasteiger partial charge in [0.25, 0.3) is 0 Å². The van der Waals surface area contributed by atoms with E-state index in [0.717, 1.165) is 18.2 Å². The molecule has 0 spiro atoms. The zero-order chi connectivity index (χ0) is 23.6. The number of phenols is 4. The minimum absolute atomic E-state index is 0.290. The number of aliphatic hydroxyl groups excluding tert-OH is 4. The lowest BCUT2D eigenvalue weighted by Gasteiger charge is -2.39. The van der Waals surface area contributed by atoms with E-state index in [1.807, 2.05) is 0 Å². The molecule has 32 heavy (non-hydrogen) atoms. The number of ketones is 1. The highest BCUT2D eigenvalue weighted by Gasteiger charge is 2.45. The first-order valence-corrected chi connectivity index (χ1v) is 9.40. The van der Waals surface area contributed by atoms with Gasteiger partial charge in [0.05, 0.1) is 12.2 Å². The predicted molar refractivity (Wildman–Crippen MR) is 107 cm³/mol. The highest BCUT2D eigenvalue weighted by Crippen LogP contribution is 2.40. The summed E-state index contributed by atoms with van der Waals surface area (Å²) in [6, 6.07) is 6.04. The number of aromatic hydroxyl groups is 4. The van der Waals surface area contributed by atoms with Crippen LogP contribution in [-0.2, 0) is 4.74 Å². The van der Waals surface area contributed by atoms with Gasteiger partial charge >= 0.3 is 0 Å². The lowest BCUT2D eigenvalue weighted by atomic mass is 9.99. The summed E-state index contributed by atoms with van der Waals surface area (Å²) in [5.41, 5.74) is 0.0892. The van der Waals surface area contributed by atoms with Crippen LogP contribution in [0.3, 0.4) is 0 Å². The van der Waals surface area contributed by atoms with Crippen molar-refractivity contribution in [3.05, 3.63) is 47.5 Å². The van der Waals surface area contributed by atoms with E-state index < -0.39 is 60.3 Å². The molecule has 0 amide bonds. The van der Waals surface area contributed by atoms with Crippen molar-refractivity contribution in [1.29, 1.82) is 0 Å². The molecular formula is C21H22O11. The van der Waals surface area contributed by atoms with E-state index in [1.165, 1.54) is 24.3 Å². The number of phenolic OH excluding ortho intramolecular Hbond substituents is 4. The second-order valence-corrected chi connectivity index (χ2v) is 7.07. The molecule has 1 heterocycles. The molecule has 1 saturated heterocycles. The summed E-state index contributed by atoms with van der Waals surface area (Å²) in [4.78, 5) is 12.5. The molecule has 0 radical (unpaired) electrons. The number of hydrogen-bond acceptors (Lipinski definition) is 11. The maximum Gasteiger partial charge on any atom is 0.229 e. The van der Waals surface area contributed by atoms with Crippen LogP contribution in [0.15, 0.2) is 36.4 Å². The third kappa shape index (κ3) is 4.61. The van der Waals surface area contributed by atoms with Gasteiger partial charge < -0.3 is 50.3 Å². The molecule has 0 bridgehead atoms. The molecule has 0 aliphatic carbocycles. The smallest absolute Gasteiger partial charge is 0.229 e. The third-order valence-corrected chi connectivity index (χ3v) is 4.89. The molecule has 8 N–H and O–H groups in total. The number of allylic oxidation sites excluding steroid dienone is 1. The van der Waals surface area contributed by atoms with Gasteiger partial charge in [-0.05, 0) is 35.9 Å². The molecule has 0 saturated carbocycles. The zero-order valence-corrected chi connectivity index (χ0v) is 16.4. The third-order valence-electron chi connectivity index (χ3n) is 4.89. The highest BCUT2D eigenvalue weighted by molar-refractivity contribution is 6.09. The normalized spacial score (nSPS) is 25.7. The number of carbonyl (C=O) groups is 1. The molecule has 11 nitrogen and oxygen atoms in total. The van der Waals surface area contributed by atoms with Crippen LogP contribution in [0.2, 0.25) is 0 Å². The van der Waals surface area contributed by atoms with Gasteiger partial charge in [0.15, 0.2) is 28.8 Å². The van der Waals surface area contributed by atoms with Crippen LogP contribution in [0.25, 0.3) is 6.08 Å². The molecule has 1 aliphatic heterocycles. The van der Waals surface area contributed by atoms with Gasteiger partial charge in [0, 0.05) is 0 Å². The molecule has 3 rings (SSSR count). The quantitative estimate of drug-likeness (QED) is 0.162. The SMILES string of the molecule is O=C(C=Cc1ccc(O)c(O)c1)c1ccc(O)c(O[C@@H]2O[C@H](CO)[C@@H](O)[C@H](O)[C@H]2O)c1O. The highest BCUT2D eigenvalue weighted by atomic mass is 16.7. The monoisotopic (exact) mass is 450 g/mol.